The fourth-order valence-corrected chi connectivity index (χ4v) is 3.69. The van der Waals surface area contributed by atoms with Crippen LogP contribution in [0.3, 0.4) is 0 Å². The number of carbonyl (C=O) groups excluding carboxylic acids is 1. The average molecular weight is 364 g/mol. The number of nitrogens with one attached hydrogen (secondary N) is 1. The summed E-state index contributed by atoms with van der Waals surface area (Å²) in [7, 11) is 2.13. The number of nitriles is 1. The zero-order chi connectivity index (χ0) is 16.1. The van der Waals surface area contributed by atoms with Gasteiger partial charge in [0.1, 0.15) is 0 Å². The molecule has 0 atom stereocenters. The van der Waals surface area contributed by atoms with Crippen molar-refractivity contribution < 1.29 is 4.79 Å². The molecule has 1 aromatic rings. The number of amides is 1. The van der Waals surface area contributed by atoms with Gasteiger partial charge in [-0.05, 0) is 53.5 Å². The van der Waals surface area contributed by atoms with Gasteiger partial charge in [0.15, 0.2) is 0 Å². The maximum absolute atomic E-state index is 11.4. The van der Waals surface area contributed by atoms with E-state index in [1.54, 1.807) is 6.07 Å². The van der Waals surface area contributed by atoms with Crippen molar-refractivity contribution in [2.45, 2.75) is 51.6 Å². The molecule has 0 aromatic heterocycles. The Hall–Kier alpha value is -1.38. The molecule has 0 saturated heterocycles. The second kappa shape index (κ2) is 7.75. The quantitative estimate of drug-likeness (QED) is 0.877. The number of rotatable bonds is 4. The molecule has 1 aromatic carbocycles. The van der Waals surface area contributed by atoms with Crippen LogP contribution in [0.4, 0.5) is 5.69 Å². The number of carbonyl (C=O) groups is 1. The molecule has 1 fully saturated rings. The smallest absolute Gasteiger partial charge is 0.221 e. The zero-order valence-corrected chi connectivity index (χ0v) is 14.7. The predicted molar refractivity (Wildman–Crippen MR) is 91.5 cm³/mol. The Kier molecular flexibility index (Phi) is 5.98. The lowest BCUT2D eigenvalue weighted by Crippen LogP contribution is -2.33. The van der Waals surface area contributed by atoms with Gasteiger partial charge in [0, 0.05) is 24.0 Å². The Balaban J connectivity index is 2.25. The number of benzene rings is 1. The van der Waals surface area contributed by atoms with E-state index < -0.39 is 0 Å². The van der Waals surface area contributed by atoms with Crippen molar-refractivity contribution in [1.82, 2.24) is 4.90 Å². The van der Waals surface area contributed by atoms with Crippen LogP contribution in [0, 0.1) is 11.3 Å². The van der Waals surface area contributed by atoms with Gasteiger partial charge in [0.25, 0.3) is 0 Å². The number of hydrogen-bond donors (Lipinski definition) is 1. The summed E-state index contributed by atoms with van der Waals surface area (Å²) in [6.07, 6.45) is 6.36. The van der Waals surface area contributed by atoms with Gasteiger partial charge in [-0.15, -0.1) is 0 Å². The van der Waals surface area contributed by atoms with E-state index in [0.717, 1.165) is 22.3 Å². The fraction of sp³-hybridized carbons (Fsp3) is 0.529. The molecule has 22 heavy (non-hydrogen) atoms. The molecule has 0 bridgehead atoms. The molecule has 0 aliphatic heterocycles. The summed E-state index contributed by atoms with van der Waals surface area (Å²) in [5.74, 6) is -0.105. The highest BCUT2D eigenvalue weighted by Gasteiger charge is 2.20. The molecule has 0 radical (unpaired) electrons. The summed E-state index contributed by atoms with van der Waals surface area (Å²) in [5.41, 5.74) is 2.36. The summed E-state index contributed by atoms with van der Waals surface area (Å²) >= 11 is 3.47. The lowest BCUT2D eigenvalue weighted by Gasteiger charge is -2.31. The Morgan fingerprint density at radius 2 is 2.09 bits per heavy atom. The largest absolute Gasteiger partial charge is 0.325 e. The molecule has 0 spiro atoms. The minimum absolute atomic E-state index is 0.105. The van der Waals surface area contributed by atoms with Crippen molar-refractivity contribution in [3.63, 3.8) is 0 Å². The van der Waals surface area contributed by atoms with Crippen LogP contribution in [0.5, 0.6) is 0 Å². The molecular formula is C17H22BrN3O. The van der Waals surface area contributed by atoms with Gasteiger partial charge in [-0.1, -0.05) is 19.3 Å². The van der Waals surface area contributed by atoms with E-state index in [4.69, 9.17) is 0 Å². The van der Waals surface area contributed by atoms with Crippen LogP contribution in [0.25, 0.3) is 0 Å². The minimum Gasteiger partial charge on any atom is -0.325 e. The van der Waals surface area contributed by atoms with Crippen LogP contribution in [-0.2, 0) is 11.3 Å². The van der Waals surface area contributed by atoms with Crippen molar-refractivity contribution in [3.8, 4) is 6.07 Å². The highest BCUT2D eigenvalue weighted by molar-refractivity contribution is 9.10. The van der Waals surface area contributed by atoms with Crippen LogP contribution in [0.1, 0.15) is 50.2 Å². The number of hydrogen-bond acceptors (Lipinski definition) is 3. The minimum atomic E-state index is -0.105. The summed E-state index contributed by atoms with van der Waals surface area (Å²) < 4.78 is 0.758. The number of nitrogens with zero attached hydrogens (tertiary/aromatic N) is 2. The summed E-state index contributed by atoms with van der Waals surface area (Å²) in [4.78, 5) is 13.8. The van der Waals surface area contributed by atoms with Crippen molar-refractivity contribution in [2.75, 3.05) is 12.4 Å². The molecule has 0 unspecified atom stereocenters. The van der Waals surface area contributed by atoms with E-state index >= 15 is 0 Å². The molecule has 5 heteroatoms. The molecule has 1 aliphatic rings. The third-order valence-corrected chi connectivity index (χ3v) is 4.85. The molecule has 1 aliphatic carbocycles. The molecule has 118 valence electrons. The zero-order valence-electron chi connectivity index (χ0n) is 13.2. The van der Waals surface area contributed by atoms with Crippen molar-refractivity contribution in [2.24, 2.45) is 0 Å². The van der Waals surface area contributed by atoms with Gasteiger partial charge in [0.2, 0.25) is 5.91 Å². The van der Waals surface area contributed by atoms with Gasteiger partial charge >= 0.3 is 0 Å². The Labute approximate surface area is 140 Å². The van der Waals surface area contributed by atoms with Gasteiger partial charge in [-0.2, -0.15) is 5.26 Å². The average Bonchev–Trinajstić information content (AvgIpc) is 2.50. The molecule has 1 N–H and O–H groups in total. The number of anilines is 1. The molecular weight excluding hydrogens is 342 g/mol. The van der Waals surface area contributed by atoms with E-state index in [0.29, 0.717) is 11.6 Å². The molecule has 2 rings (SSSR count). The Morgan fingerprint density at radius 3 is 2.68 bits per heavy atom. The maximum Gasteiger partial charge on any atom is 0.221 e. The topological polar surface area (TPSA) is 56.1 Å². The maximum atomic E-state index is 11.4. The van der Waals surface area contributed by atoms with Crippen LogP contribution in [-0.4, -0.2) is 23.9 Å². The van der Waals surface area contributed by atoms with Crippen LogP contribution >= 0.6 is 15.9 Å². The van der Waals surface area contributed by atoms with Crippen molar-refractivity contribution in [3.05, 3.63) is 27.7 Å². The van der Waals surface area contributed by atoms with Crippen LogP contribution in [0.15, 0.2) is 16.6 Å². The van der Waals surface area contributed by atoms with Crippen LogP contribution < -0.4 is 5.32 Å². The Morgan fingerprint density at radius 1 is 1.41 bits per heavy atom. The Bertz CT molecular complexity index is 588. The SMILES string of the molecule is CC(=O)Nc1c(Br)cc(C#N)cc1CN(C)C1CCCCC1. The second-order valence-corrected chi connectivity index (χ2v) is 6.85. The van der Waals surface area contributed by atoms with Crippen molar-refractivity contribution >= 4 is 27.5 Å². The van der Waals surface area contributed by atoms with E-state index in [1.165, 1.54) is 39.0 Å². The summed E-state index contributed by atoms with van der Waals surface area (Å²) in [5, 5.41) is 12.0. The van der Waals surface area contributed by atoms with Crippen LogP contribution in [0.2, 0.25) is 0 Å². The van der Waals surface area contributed by atoms with Gasteiger partial charge in [0.05, 0.1) is 17.3 Å². The molecule has 4 nitrogen and oxygen atoms in total. The third kappa shape index (κ3) is 4.31. The first-order valence-corrected chi connectivity index (χ1v) is 8.51. The highest BCUT2D eigenvalue weighted by Crippen LogP contribution is 2.31. The molecule has 1 saturated carbocycles. The van der Waals surface area contributed by atoms with E-state index in [2.05, 4.69) is 39.3 Å². The number of halogens is 1. The summed E-state index contributed by atoms with van der Waals surface area (Å²) in [6.45, 7) is 2.23. The predicted octanol–water partition coefficient (Wildman–Crippen LogP) is 4.04. The van der Waals surface area contributed by atoms with Gasteiger partial charge < -0.3 is 5.32 Å². The first-order valence-electron chi connectivity index (χ1n) is 7.71. The fourth-order valence-electron chi connectivity index (χ4n) is 3.09. The molecule has 0 heterocycles. The third-order valence-electron chi connectivity index (χ3n) is 4.22. The second-order valence-electron chi connectivity index (χ2n) is 5.99. The van der Waals surface area contributed by atoms with E-state index in [-0.39, 0.29) is 5.91 Å². The van der Waals surface area contributed by atoms with E-state index in [1.807, 2.05) is 6.07 Å². The standard InChI is InChI=1S/C17H22BrN3O/c1-12(22)20-17-14(8-13(10-19)9-16(17)18)11-21(2)15-6-4-3-5-7-15/h8-9,15H,3-7,11H2,1-2H3,(H,20,22). The molecule has 1 amide bonds. The van der Waals surface area contributed by atoms with Crippen molar-refractivity contribution in [1.29, 1.82) is 5.26 Å². The summed E-state index contributed by atoms with van der Waals surface area (Å²) in [6, 6.07) is 6.38. The van der Waals surface area contributed by atoms with Gasteiger partial charge in [-0.3, -0.25) is 9.69 Å². The van der Waals surface area contributed by atoms with E-state index in [9.17, 15) is 10.1 Å². The monoisotopic (exact) mass is 363 g/mol. The normalized spacial score (nSPS) is 15.6. The highest BCUT2D eigenvalue weighted by atomic mass is 79.9. The first kappa shape index (κ1) is 17.0. The lowest BCUT2D eigenvalue weighted by atomic mass is 9.94. The first-order chi connectivity index (χ1) is 10.5. The van der Waals surface area contributed by atoms with Gasteiger partial charge in [-0.25, -0.2) is 0 Å². The lowest BCUT2D eigenvalue weighted by molar-refractivity contribution is -0.114.